The van der Waals surface area contributed by atoms with Gasteiger partial charge in [-0.25, -0.2) is 13.2 Å². The van der Waals surface area contributed by atoms with E-state index in [1.165, 1.54) is 0 Å². The molecule has 1 aromatic heterocycles. The standard InChI is InChI=1S/C43H59N5O11S/c1-27(2)37(40(53)44-30(20-21-60(10,55)56)23-35(49)58-42(3,4)5)47-39(52)32(22-29-25-48(9)34-19-15-14-18-31(29)34)45-38(51)33(24-36(50)59-43(6,7)8)46-41(54)57-26-28-16-12-11-13-17-28/h11-21,25,27,30,32-33,37H,22-24,26H2,1-10H3,(H,44,53)(H,45,51)(H,46,54)(H,47,52)/b21-20+/t30-,32+,33+,37?/m1/s1. The number of rotatable bonds is 18. The fraction of sp³-hybridized carbons (Fsp3) is 0.488. The molecule has 328 valence electrons. The lowest BCUT2D eigenvalue weighted by molar-refractivity contribution is -0.157. The second kappa shape index (κ2) is 21.0. The number of esters is 2. The van der Waals surface area contributed by atoms with E-state index in [1.807, 2.05) is 35.9 Å². The van der Waals surface area contributed by atoms with Crippen LogP contribution < -0.4 is 21.3 Å². The lowest BCUT2D eigenvalue weighted by atomic mass is 9.99. The SMILES string of the molecule is CC(C)C(NC(=O)[C@H](Cc1cn(C)c2ccccc12)NC(=O)[C@H](CC(=O)OC(C)(C)C)NC(=O)OCc1ccccc1)C(=O)N[C@H](/C=C/S(C)(=O)=O)CC(=O)OC(C)(C)C. The van der Waals surface area contributed by atoms with Crippen molar-refractivity contribution >= 4 is 56.5 Å². The Bertz CT molecular complexity index is 2130. The van der Waals surface area contributed by atoms with Gasteiger partial charge in [0, 0.05) is 42.2 Å². The number of carbonyl (C=O) groups excluding carboxylic acids is 6. The van der Waals surface area contributed by atoms with Crippen molar-refractivity contribution in [3.63, 3.8) is 0 Å². The third kappa shape index (κ3) is 16.9. The highest BCUT2D eigenvalue weighted by atomic mass is 32.2. The van der Waals surface area contributed by atoms with Gasteiger partial charge in [0.15, 0.2) is 9.84 Å². The molecule has 0 bridgehead atoms. The van der Waals surface area contributed by atoms with E-state index in [-0.39, 0.29) is 13.0 Å². The summed E-state index contributed by atoms with van der Waals surface area (Å²) in [6.45, 7) is 13.1. The normalized spacial score (nSPS) is 14.1. The molecule has 16 nitrogen and oxygen atoms in total. The first-order valence-electron chi connectivity index (χ1n) is 19.5. The Labute approximate surface area is 352 Å². The predicted octanol–water partition coefficient (Wildman–Crippen LogP) is 4.15. The van der Waals surface area contributed by atoms with Gasteiger partial charge >= 0.3 is 18.0 Å². The highest BCUT2D eigenvalue weighted by molar-refractivity contribution is 7.93. The van der Waals surface area contributed by atoms with Gasteiger partial charge in [-0.1, -0.05) is 68.5 Å². The Kier molecular flexibility index (Phi) is 17.0. The second-order valence-electron chi connectivity index (χ2n) is 16.9. The molecule has 17 heteroatoms. The molecule has 0 spiro atoms. The Hall–Kier alpha value is -5.71. The summed E-state index contributed by atoms with van der Waals surface area (Å²) in [5.74, 6) is -4.50. The van der Waals surface area contributed by atoms with E-state index in [1.54, 1.807) is 91.9 Å². The first kappa shape index (κ1) is 48.7. The number of nitrogens with one attached hydrogen (secondary N) is 4. The molecule has 0 aliphatic heterocycles. The summed E-state index contributed by atoms with van der Waals surface area (Å²) in [7, 11) is -1.83. The quantitative estimate of drug-likeness (QED) is 0.105. The van der Waals surface area contributed by atoms with E-state index < -0.39 is 99.7 Å². The van der Waals surface area contributed by atoms with E-state index >= 15 is 0 Å². The number of carbonyl (C=O) groups is 6. The predicted molar refractivity (Wildman–Crippen MR) is 226 cm³/mol. The van der Waals surface area contributed by atoms with Crippen LogP contribution in [0.3, 0.4) is 0 Å². The van der Waals surface area contributed by atoms with Crippen LogP contribution in [0.5, 0.6) is 0 Å². The van der Waals surface area contributed by atoms with Crippen LogP contribution in [-0.2, 0) is 68.1 Å². The zero-order valence-corrected chi connectivity index (χ0v) is 36.8. The average Bonchev–Trinajstić information content (AvgIpc) is 3.44. The first-order valence-corrected chi connectivity index (χ1v) is 21.5. The van der Waals surface area contributed by atoms with E-state index in [2.05, 4.69) is 21.3 Å². The molecule has 0 fully saturated rings. The first-order chi connectivity index (χ1) is 27.8. The molecular formula is C43H59N5O11S. The maximum atomic E-state index is 14.4. The monoisotopic (exact) mass is 853 g/mol. The number of ether oxygens (including phenoxy) is 3. The number of fused-ring (bicyclic) bond motifs is 1. The summed E-state index contributed by atoms with van der Waals surface area (Å²) < 4.78 is 42.0. The van der Waals surface area contributed by atoms with Gasteiger partial charge < -0.3 is 40.0 Å². The topological polar surface area (TPSA) is 217 Å². The molecule has 3 rings (SSSR count). The van der Waals surface area contributed by atoms with Crippen molar-refractivity contribution in [1.29, 1.82) is 0 Å². The molecule has 1 unspecified atom stereocenters. The van der Waals surface area contributed by atoms with E-state index in [0.29, 0.717) is 11.1 Å². The Morgan fingerprint density at radius 1 is 0.733 bits per heavy atom. The van der Waals surface area contributed by atoms with Crippen LogP contribution in [0.4, 0.5) is 4.79 Å². The van der Waals surface area contributed by atoms with Gasteiger partial charge in [0.2, 0.25) is 17.7 Å². The van der Waals surface area contributed by atoms with Crippen LogP contribution in [0.2, 0.25) is 0 Å². The fourth-order valence-corrected chi connectivity index (χ4v) is 6.46. The maximum absolute atomic E-state index is 14.4. The summed E-state index contributed by atoms with van der Waals surface area (Å²) >= 11 is 0. The number of amides is 4. The van der Waals surface area contributed by atoms with Crippen molar-refractivity contribution in [3.8, 4) is 0 Å². The number of para-hydroxylation sites is 1. The molecule has 0 aliphatic carbocycles. The van der Waals surface area contributed by atoms with Crippen LogP contribution in [0.15, 0.2) is 72.3 Å². The van der Waals surface area contributed by atoms with Crippen molar-refractivity contribution in [2.45, 2.75) is 117 Å². The van der Waals surface area contributed by atoms with Crippen LogP contribution >= 0.6 is 0 Å². The highest BCUT2D eigenvalue weighted by Gasteiger charge is 2.34. The molecule has 4 N–H and O–H groups in total. The summed E-state index contributed by atoms with van der Waals surface area (Å²) in [4.78, 5) is 81.1. The number of benzene rings is 2. The Balaban J connectivity index is 1.96. The van der Waals surface area contributed by atoms with Gasteiger partial charge in [-0.15, -0.1) is 0 Å². The summed E-state index contributed by atoms with van der Waals surface area (Å²) in [6.07, 6.45) is 1.82. The molecule has 4 atom stereocenters. The van der Waals surface area contributed by atoms with Crippen molar-refractivity contribution < 1.29 is 51.4 Å². The van der Waals surface area contributed by atoms with Crippen molar-refractivity contribution in [2.24, 2.45) is 13.0 Å². The smallest absolute Gasteiger partial charge is 0.408 e. The van der Waals surface area contributed by atoms with Gasteiger partial charge in [0.05, 0.1) is 18.9 Å². The number of aromatic nitrogens is 1. The number of alkyl carbamates (subject to hydrolysis) is 1. The molecular weight excluding hydrogens is 795 g/mol. The summed E-state index contributed by atoms with van der Waals surface area (Å²) in [5, 5.41) is 12.1. The fourth-order valence-electron chi connectivity index (χ4n) is 5.98. The molecule has 4 amide bonds. The molecule has 0 radical (unpaired) electrons. The van der Waals surface area contributed by atoms with Crippen LogP contribution in [-0.4, -0.2) is 90.4 Å². The summed E-state index contributed by atoms with van der Waals surface area (Å²) in [5.41, 5.74) is 0.428. The average molecular weight is 854 g/mol. The van der Waals surface area contributed by atoms with Crippen molar-refractivity contribution in [2.75, 3.05) is 6.26 Å². The minimum atomic E-state index is -3.65. The third-order valence-electron chi connectivity index (χ3n) is 8.59. The van der Waals surface area contributed by atoms with Crippen LogP contribution in [0.25, 0.3) is 10.9 Å². The minimum Gasteiger partial charge on any atom is -0.460 e. The molecule has 0 saturated heterocycles. The number of hydrogen-bond acceptors (Lipinski definition) is 11. The van der Waals surface area contributed by atoms with Gasteiger partial charge in [-0.2, -0.15) is 0 Å². The maximum Gasteiger partial charge on any atom is 0.408 e. The molecule has 3 aromatic rings. The zero-order chi connectivity index (χ0) is 45.0. The Morgan fingerprint density at radius 2 is 1.30 bits per heavy atom. The number of aryl methyl sites for hydroxylation is 1. The van der Waals surface area contributed by atoms with Crippen LogP contribution in [0, 0.1) is 5.92 Å². The zero-order valence-electron chi connectivity index (χ0n) is 36.0. The van der Waals surface area contributed by atoms with Crippen LogP contribution in [0.1, 0.15) is 79.4 Å². The largest absolute Gasteiger partial charge is 0.460 e. The lowest BCUT2D eigenvalue weighted by Crippen LogP contribution is -2.59. The molecule has 1 heterocycles. The van der Waals surface area contributed by atoms with Crippen molar-refractivity contribution in [1.82, 2.24) is 25.8 Å². The lowest BCUT2D eigenvalue weighted by Gasteiger charge is -2.28. The third-order valence-corrected chi connectivity index (χ3v) is 9.24. The van der Waals surface area contributed by atoms with Gasteiger partial charge in [0.1, 0.15) is 35.9 Å². The Morgan fingerprint density at radius 3 is 1.88 bits per heavy atom. The van der Waals surface area contributed by atoms with Gasteiger partial charge in [-0.3, -0.25) is 24.0 Å². The second-order valence-corrected chi connectivity index (χ2v) is 18.8. The minimum absolute atomic E-state index is 0.0820. The highest BCUT2D eigenvalue weighted by Crippen LogP contribution is 2.22. The van der Waals surface area contributed by atoms with E-state index in [9.17, 15) is 37.2 Å². The molecule has 60 heavy (non-hydrogen) atoms. The molecule has 0 saturated carbocycles. The van der Waals surface area contributed by atoms with E-state index in [0.717, 1.165) is 28.6 Å². The molecule has 0 aliphatic rings. The number of nitrogens with zero attached hydrogens (tertiary/aromatic N) is 1. The molecule has 2 aromatic carbocycles. The van der Waals surface area contributed by atoms with Gasteiger partial charge in [0.25, 0.3) is 0 Å². The van der Waals surface area contributed by atoms with Gasteiger partial charge in [-0.05, 0) is 64.7 Å². The van der Waals surface area contributed by atoms with Crippen molar-refractivity contribution in [3.05, 3.63) is 83.4 Å². The van der Waals surface area contributed by atoms with E-state index in [4.69, 9.17) is 14.2 Å². The number of hydrogen-bond donors (Lipinski definition) is 4. The number of sulfone groups is 1. The summed E-state index contributed by atoms with van der Waals surface area (Å²) in [6, 6.07) is 10.9.